The van der Waals surface area contributed by atoms with Gasteiger partial charge in [-0.15, -0.1) is 0 Å². The molecule has 0 saturated heterocycles. The Morgan fingerprint density at radius 2 is 2.12 bits per heavy atom. The lowest BCUT2D eigenvalue weighted by molar-refractivity contribution is -0.117. The molecule has 3 N–H and O–H groups in total. The molecule has 2 aromatic heterocycles. The Labute approximate surface area is 185 Å². The fraction of sp³-hybridized carbons (Fsp3) is 0.261. The maximum absolute atomic E-state index is 11.8. The van der Waals surface area contributed by atoms with Crippen LogP contribution in [0.25, 0.3) is 22.8 Å². The molecule has 32 heavy (non-hydrogen) atoms. The molecule has 0 unspecified atom stereocenters. The number of primary amides is 1. The topological polar surface area (TPSA) is 127 Å². The molecule has 3 rings (SSSR count). The molecule has 0 aliphatic rings. The lowest BCUT2D eigenvalue weighted by Gasteiger charge is -2.19. The zero-order valence-corrected chi connectivity index (χ0v) is 18.1. The Morgan fingerprint density at radius 1 is 1.34 bits per heavy atom. The second kappa shape index (κ2) is 9.41. The monoisotopic (exact) mass is 432 g/mol. The second-order valence-electron chi connectivity index (χ2n) is 7.66. The Morgan fingerprint density at radius 3 is 2.78 bits per heavy atom. The van der Waals surface area contributed by atoms with Crippen LogP contribution in [0.4, 0.5) is 0 Å². The molecular formula is C23H24N6O3. The Kier molecular flexibility index (Phi) is 6.66. The van der Waals surface area contributed by atoms with E-state index in [0.29, 0.717) is 47.7 Å². The number of amides is 2. The second-order valence-corrected chi connectivity index (χ2v) is 7.66. The third kappa shape index (κ3) is 5.56. The summed E-state index contributed by atoms with van der Waals surface area (Å²) in [4.78, 5) is 37.0. The number of nitrogens with two attached hydrogens (primary N) is 1. The molecular weight excluding hydrogens is 408 g/mol. The van der Waals surface area contributed by atoms with Crippen LogP contribution < -0.4 is 5.73 Å². The molecule has 1 aromatic carbocycles. The zero-order valence-electron chi connectivity index (χ0n) is 18.1. The molecule has 0 saturated carbocycles. The van der Waals surface area contributed by atoms with E-state index >= 15 is 0 Å². The normalized spacial score (nSPS) is 12.4. The summed E-state index contributed by atoms with van der Waals surface area (Å²) in [5, 5.41) is 10.5. The fourth-order valence-electron chi connectivity index (χ4n) is 2.89. The first kappa shape index (κ1) is 22.7. The van der Waals surface area contributed by atoms with Crippen molar-refractivity contribution < 1.29 is 14.7 Å². The van der Waals surface area contributed by atoms with Gasteiger partial charge in [0.2, 0.25) is 6.41 Å². The minimum atomic E-state index is -1.26. The average Bonchev–Trinajstić information content (AvgIpc) is 3.22. The van der Waals surface area contributed by atoms with Crippen molar-refractivity contribution in [2.75, 3.05) is 13.6 Å². The molecule has 0 spiro atoms. The summed E-state index contributed by atoms with van der Waals surface area (Å²) in [7, 11) is 3.46. The highest BCUT2D eigenvalue weighted by Gasteiger charge is 2.17. The van der Waals surface area contributed by atoms with Gasteiger partial charge in [-0.25, -0.2) is 15.0 Å². The van der Waals surface area contributed by atoms with Gasteiger partial charge in [-0.2, -0.15) is 0 Å². The van der Waals surface area contributed by atoms with Crippen LogP contribution in [0, 0.1) is 11.8 Å². The van der Waals surface area contributed by atoms with Gasteiger partial charge in [0.05, 0.1) is 23.9 Å². The van der Waals surface area contributed by atoms with Crippen molar-refractivity contribution in [3.05, 3.63) is 54.1 Å². The van der Waals surface area contributed by atoms with Crippen molar-refractivity contribution in [3.8, 4) is 34.6 Å². The molecule has 164 valence electrons. The lowest BCUT2D eigenvalue weighted by atomic mass is 10.0. The van der Waals surface area contributed by atoms with Gasteiger partial charge < -0.3 is 20.3 Å². The summed E-state index contributed by atoms with van der Waals surface area (Å²) >= 11 is 0. The third-order valence-electron chi connectivity index (χ3n) is 4.79. The van der Waals surface area contributed by atoms with Crippen LogP contribution in [-0.4, -0.2) is 61.0 Å². The van der Waals surface area contributed by atoms with E-state index in [1.807, 2.05) is 7.05 Å². The number of hydrogen-bond donors (Lipinski definition) is 2. The molecule has 0 bridgehead atoms. The van der Waals surface area contributed by atoms with E-state index in [9.17, 15) is 14.7 Å². The average molecular weight is 432 g/mol. The van der Waals surface area contributed by atoms with Crippen LogP contribution in [0.15, 0.2) is 42.9 Å². The van der Waals surface area contributed by atoms with Gasteiger partial charge in [0.25, 0.3) is 5.91 Å². The van der Waals surface area contributed by atoms with E-state index in [1.165, 1.54) is 11.0 Å². The molecule has 2 heterocycles. The van der Waals surface area contributed by atoms with E-state index in [2.05, 4.69) is 26.8 Å². The summed E-state index contributed by atoms with van der Waals surface area (Å²) in [5.74, 6) is 5.46. The first-order valence-corrected chi connectivity index (χ1v) is 9.85. The number of hydrogen-bond acceptors (Lipinski definition) is 6. The number of carbonyl (C=O) groups is 2. The summed E-state index contributed by atoms with van der Waals surface area (Å²) in [6.07, 6.45) is 4.29. The van der Waals surface area contributed by atoms with Crippen LogP contribution >= 0.6 is 0 Å². The Hall–Kier alpha value is -4.03. The quantitative estimate of drug-likeness (QED) is 0.427. The fourth-order valence-corrected chi connectivity index (χ4v) is 2.89. The summed E-state index contributed by atoms with van der Waals surface area (Å²) in [6, 6.07) is 8.69. The van der Waals surface area contributed by atoms with Crippen LogP contribution in [0.5, 0.6) is 0 Å². The first-order valence-electron chi connectivity index (χ1n) is 9.85. The molecule has 2 amide bonds. The molecule has 9 nitrogen and oxygen atoms in total. The van der Waals surface area contributed by atoms with Gasteiger partial charge in [-0.1, -0.05) is 24.0 Å². The Balaban J connectivity index is 1.95. The van der Waals surface area contributed by atoms with Crippen LogP contribution in [-0.2, 0) is 11.8 Å². The molecule has 0 aliphatic heterocycles. The third-order valence-corrected chi connectivity index (χ3v) is 4.79. The lowest BCUT2D eigenvalue weighted by Crippen LogP contribution is -2.29. The number of carbonyl (C=O) groups excluding carboxylic acids is 2. The van der Waals surface area contributed by atoms with Gasteiger partial charge in [0, 0.05) is 38.2 Å². The van der Waals surface area contributed by atoms with Crippen molar-refractivity contribution in [2.24, 2.45) is 12.8 Å². The smallest absolute Gasteiger partial charge is 0.267 e. The van der Waals surface area contributed by atoms with Gasteiger partial charge in [-0.05, 0) is 25.1 Å². The highest BCUT2D eigenvalue weighted by atomic mass is 16.3. The summed E-state index contributed by atoms with van der Waals surface area (Å²) in [6.45, 7) is 1.98. The van der Waals surface area contributed by atoms with Gasteiger partial charge in [0.15, 0.2) is 5.82 Å². The molecule has 0 radical (unpaired) electrons. The van der Waals surface area contributed by atoms with Gasteiger partial charge >= 0.3 is 0 Å². The molecule has 1 atom stereocenters. The van der Waals surface area contributed by atoms with Crippen molar-refractivity contribution in [1.82, 2.24) is 24.4 Å². The number of aliphatic hydroxyl groups is 1. The van der Waals surface area contributed by atoms with E-state index in [1.54, 1.807) is 55.3 Å². The van der Waals surface area contributed by atoms with Crippen molar-refractivity contribution >= 4 is 12.3 Å². The minimum absolute atomic E-state index is 0.0879. The van der Waals surface area contributed by atoms with E-state index in [4.69, 9.17) is 5.73 Å². The van der Waals surface area contributed by atoms with Crippen molar-refractivity contribution in [1.29, 1.82) is 0 Å². The maximum Gasteiger partial charge on any atom is 0.267 e. The predicted octanol–water partition coefficient (Wildman–Crippen LogP) is 1.22. The number of aryl methyl sites for hydroxylation is 1. The van der Waals surface area contributed by atoms with E-state index in [-0.39, 0.29) is 5.69 Å². The number of nitrogens with zero attached hydrogens (tertiary/aromatic N) is 5. The SMILES string of the molecule is CN(C=O)CC[C@@](C)(O)C#Cc1cccc(-c2nc(C(N)=O)cc(-c3cncn3C)n2)c1. The number of benzene rings is 1. The minimum Gasteiger partial charge on any atom is -0.378 e. The molecule has 9 heteroatoms. The standard InChI is InChI=1S/C23H24N6O3/c1-23(32,9-10-28(2)15-30)8-7-16-5-4-6-17(11-16)22-26-18(12-19(27-22)21(24)31)20-13-25-14-29(20)3/h4-6,11-15,32H,9-10H2,1-3H3,(H2,24,31)/t23-/m0/s1. The van der Waals surface area contributed by atoms with Crippen LogP contribution in [0.1, 0.15) is 29.4 Å². The number of rotatable bonds is 7. The van der Waals surface area contributed by atoms with E-state index in [0.717, 1.165) is 0 Å². The number of imidazole rings is 1. The van der Waals surface area contributed by atoms with Gasteiger partial charge in [0.1, 0.15) is 11.3 Å². The van der Waals surface area contributed by atoms with Crippen molar-refractivity contribution in [2.45, 2.75) is 18.9 Å². The summed E-state index contributed by atoms with van der Waals surface area (Å²) < 4.78 is 1.78. The molecule has 0 aliphatic carbocycles. The number of aromatic nitrogens is 4. The van der Waals surface area contributed by atoms with Crippen molar-refractivity contribution in [3.63, 3.8) is 0 Å². The maximum atomic E-state index is 11.8. The largest absolute Gasteiger partial charge is 0.378 e. The van der Waals surface area contributed by atoms with Gasteiger partial charge in [-0.3, -0.25) is 9.59 Å². The summed E-state index contributed by atoms with van der Waals surface area (Å²) in [5.41, 5.74) is 6.82. The molecule has 0 fully saturated rings. The zero-order chi connectivity index (χ0) is 23.3. The predicted molar refractivity (Wildman–Crippen MR) is 119 cm³/mol. The first-order chi connectivity index (χ1) is 15.2. The highest BCUT2D eigenvalue weighted by molar-refractivity contribution is 5.92. The highest BCUT2D eigenvalue weighted by Crippen LogP contribution is 2.23. The van der Waals surface area contributed by atoms with Crippen LogP contribution in [0.3, 0.4) is 0 Å². The van der Waals surface area contributed by atoms with E-state index < -0.39 is 11.5 Å². The Bertz CT molecular complexity index is 1210. The van der Waals surface area contributed by atoms with Crippen LogP contribution in [0.2, 0.25) is 0 Å². The molecule has 3 aromatic rings.